The van der Waals surface area contributed by atoms with E-state index in [9.17, 15) is 4.79 Å². The molecule has 0 spiro atoms. The third-order valence-electron chi connectivity index (χ3n) is 3.42. The number of hydrogen-bond donors (Lipinski definition) is 0. The van der Waals surface area contributed by atoms with E-state index in [0.29, 0.717) is 32.0 Å². The highest BCUT2D eigenvalue weighted by Crippen LogP contribution is 2.30. The lowest BCUT2D eigenvalue weighted by molar-refractivity contribution is 0.0607. The number of halogens is 2. The third-order valence-corrected chi connectivity index (χ3v) is 4.90. The Morgan fingerprint density at radius 2 is 2.12 bits per heavy atom. The molecule has 0 aliphatic heterocycles. The zero-order valence-electron chi connectivity index (χ0n) is 13.6. The van der Waals surface area contributed by atoms with E-state index in [-0.39, 0.29) is 6.61 Å². The molecule has 0 bridgehead atoms. The van der Waals surface area contributed by atoms with Crippen LogP contribution in [0.2, 0.25) is 10.0 Å². The molecule has 2 aromatic heterocycles. The second kappa shape index (κ2) is 8.40. The van der Waals surface area contributed by atoms with Gasteiger partial charge in [-0.15, -0.1) is 11.3 Å². The number of esters is 1. The van der Waals surface area contributed by atoms with E-state index in [1.165, 1.54) is 24.7 Å². The van der Waals surface area contributed by atoms with Crippen molar-refractivity contribution in [1.29, 1.82) is 0 Å². The van der Waals surface area contributed by atoms with Crippen molar-refractivity contribution in [1.82, 2.24) is 0 Å². The molecule has 0 aliphatic rings. The number of thiophene rings is 1. The smallest absolute Gasteiger partial charge is 0.348 e. The molecule has 0 fully saturated rings. The van der Waals surface area contributed by atoms with E-state index >= 15 is 0 Å². The normalized spacial score (nSPS) is 11.0. The fraction of sp³-hybridized carbons (Fsp3) is 0.111. The maximum atomic E-state index is 11.8. The van der Waals surface area contributed by atoms with Gasteiger partial charge in [-0.25, -0.2) is 4.79 Å². The monoisotopic (exact) mass is 409 g/mol. The number of methoxy groups -OCH3 is 1. The molecule has 26 heavy (non-hydrogen) atoms. The first-order valence-corrected chi connectivity index (χ1v) is 9.07. The Balaban J connectivity index is 1.64. The van der Waals surface area contributed by atoms with E-state index < -0.39 is 5.97 Å². The molecule has 0 aliphatic carbocycles. The third kappa shape index (κ3) is 4.27. The van der Waals surface area contributed by atoms with Gasteiger partial charge in [0.05, 0.1) is 7.11 Å². The standard InChI is InChI=1S/C18H13Cl2NO4S/c1-23-18(22)17-14(6-7-26-17)16-5-4-13(25-16)9-21-24-10-11-2-3-12(19)8-15(11)20/h2-9H,10H2,1H3. The average molecular weight is 410 g/mol. The molecular weight excluding hydrogens is 397 g/mol. The van der Waals surface area contributed by atoms with Crippen molar-refractivity contribution in [3.63, 3.8) is 0 Å². The van der Waals surface area contributed by atoms with E-state index in [4.69, 9.17) is 37.2 Å². The molecule has 0 N–H and O–H groups in total. The number of carbonyl (C=O) groups excluding carboxylic acids is 1. The number of hydrogen-bond acceptors (Lipinski definition) is 6. The Morgan fingerprint density at radius 1 is 1.27 bits per heavy atom. The summed E-state index contributed by atoms with van der Waals surface area (Å²) in [6.45, 7) is 0.205. The summed E-state index contributed by atoms with van der Waals surface area (Å²) in [5.74, 6) is 0.642. The SMILES string of the molecule is COC(=O)c1sccc1-c1ccc(C=NOCc2ccc(Cl)cc2Cl)o1. The van der Waals surface area contributed by atoms with Crippen LogP contribution in [0.25, 0.3) is 11.3 Å². The summed E-state index contributed by atoms with van der Waals surface area (Å²) >= 11 is 13.2. The van der Waals surface area contributed by atoms with Crippen molar-refractivity contribution in [2.45, 2.75) is 6.61 Å². The highest BCUT2D eigenvalue weighted by molar-refractivity contribution is 7.12. The number of oxime groups is 1. The van der Waals surface area contributed by atoms with Gasteiger partial charge in [-0.05, 0) is 35.7 Å². The second-order valence-corrected chi connectivity index (χ2v) is 6.86. The van der Waals surface area contributed by atoms with Gasteiger partial charge in [-0.2, -0.15) is 0 Å². The molecule has 0 saturated heterocycles. The van der Waals surface area contributed by atoms with Crippen LogP contribution in [0.5, 0.6) is 0 Å². The van der Waals surface area contributed by atoms with Gasteiger partial charge in [0, 0.05) is 21.2 Å². The summed E-state index contributed by atoms with van der Waals surface area (Å²) in [6.07, 6.45) is 1.44. The largest absolute Gasteiger partial charge is 0.465 e. The maximum Gasteiger partial charge on any atom is 0.348 e. The lowest BCUT2D eigenvalue weighted by Gasteiger charge is -2.02. The second-order valence-electron chi connectivity index (χ2n) is 5.10. The number of ether oxygens (including phenoxy) is 1. The van der Waals surface area contributed by atoms with E-state index in [1.807, 2.05) is 0 Å². The number of benzene rings is 1. The summed E-state index contributed by atoms with van der Waals surface area (Å²) < 4.78 is 10.4. The summed E-state index contributed by atoms with van der Waals surface area (Å²) in [6, 6.07) is 10.4. The van der Waals surface area contributed by atoms with E-state index in [0.717, 1.165) is 5.56 Å². The van der Waals surface area contributed by atoms with Crippen LogP contribution in [0.1, 0.15) is 21.0 Å². The van der Waals surface area contributed by atoms with Crippen LogP contribution >= 0.6 is 34.5 Å². The molecule has 0 unspecified atom stereocenters. The number of rotatable bonds is 6. The zero-order valence-corrected chi connectivity index (χ0v) is 15.9. The Hall–Kier alpha value is -2.28. The molecule has 8 heteroatoms. The molecule has 0 saturated carbocycles. The molecule has 134 valence electrons. The fourth-order valence-electron chi connectivity index (χ4n) is 2.16. The van der Waals surface area contributed by atoms with Crippen LogP contribution in [-0.4, -0.2) is 19.3 Å². The molecular formula is C18H13Cl2NO4S. The van der Waals surface area contributed by atoms with Gasteiger partial charge >= 0.3 is 5.97 Å². The zero-order chi connectivity index (χ0) is 18.5. The summed E-state index contributed by atoms with van der Waals surface area (Å²) in [4.78, 5) is 17.5. The molecule has 3 aromatic rings. The number of nitrogens with zero attached hydrogens (tertiary/aromatic N) is 1. The topological polar surface area (TPSA) is 61.0 Å². The summed E-state index contributed by atoms with van der Waals surface area (Å²) in [5.41, 5.74) is 1.45. The average Bonchev–Trinajstić information content (AvgIpc) is 3.28. The molecule has 0 radical (unpaired) electrons. The van der Waals surface area contributed by atoms with Crippen molar-refractivity contribution in [2.75, 3.05) is 7.11 Å². The Labute approximate surface area is 163 Å². The molecule has 2 heterocycles. The van der Waals surface area contributed by atoms with Crippen LogP contribution in [0.3, 0.4) is 0 Å². The van der Waals surface area contributed by atoms with Crippen LogP contribution in [0.15, 0.2) is 51.4 Å². The molecule has 5 nitrogen and oxygen atoms in total. The van der Waals surface area contributed by atoms with E-state index in [1.54, 1.807) is 41.8 Å². The molecule has 3 rings (SSSR count). The predicted molar refractivity (Wildman–Crippen MR) is 102 cm³/mol. The fourth-order valence-corrected chi connectivity index (χ4v) is 3.43. The van der Waals surface area contributed by atoms with Gasteiger partial charge in [0.15, 0.2) is 0 Å². The van der Waals surface area contributed by atoms with Crippen molar-refractivity contribution < 1.29 is 18.8 Å². The first kappa shape index (κ1) is 18.5. The van der Waals surface area contributed by atoms with Gasteiger partial charge in [0.2, 0.25) is 0 Å². The van der Waals surface area contributed by atoms with E-state index in [2.05, 4.69) is 5.16 Å². The highest BCUT2D eigenvalue weighted by atomic mass is 35.5. The van der Waals surface area contributed by atoms with Gasteiger partial charge in [0.1, 0.15) is 29.2 Å². The molecule has 1 aromatic carbocycles. The lowest BCUT2D eigenvalue weighted by Crippen LogP contribution is -1.99. The quantitative estimate of drug-likeness (QED) is 0.299. The van der Waals surface area contributed by atoms with Gasteiger partial charge in [0.25, 0.3) is 0 Å². The maximum absolute atomic E-state index is 11.8. The molecule has 0 amide bonds. The number of carbonyl (C=O) groups is 1. The highest BCUT2D eigenvalue weighted by Gasteiger charge is 2.17. The summed E-state index contributed by atoms with van der Waals surface area (Å²) in [5, 5.41) is 6.75. The molecule has 0 atom stereocenters. The Kier molecular flexibility index (Phi) is 5.98. The van der Waals surface area contributed by atoms with Crippen molar-refractivity contribution in [3.05, 3.63) is 68.0 Å². The minimum atomic E-state index is -0.398. The van der Waals surface area contributed by atoms with Crippen LogP contribution < -0.4 is 0 Å². The van der Waals surface area contributed by atoms with Gasteiger partial charge < -0.3 is 14.0 Å². The summed E-state index contributed by atoms with van der Waals surface area (Å²) in [7, 11) is 1.34. The minimum Gasteiger partial charge on any atom is -0.465 e. The van der Waals surface area contributed by atoms with Gasteiger partial charge in [-0.3, -0.25) is 0 Å². The van der Waals surface area contributed by atoms with Crippen LogP contribution in [-0.2, 0) is 16.2 Å². The lowest BCUT2D eigenvalue weighted by atomic mass is 10.2. The van der Waals surface area contributed by atoms with Crippen molar-refractivity contribution in [2.24, 2.45) is 5.16 Å². The van der Waals surface area contributed by atoms with Crippen molar-refractivity contribution in [3.8, 4) is 11.3 Å². The Bertz CT molecular complexity index is 948. The predicted octanol–water partition coefficient (Wildman–Crippen LogP) is 5.65. The first-order valence-electron chi connectivity index (χ1n) is 7.43. The number of furan rings is 1. The minimum absolute atomic E-state index is 0.205. The Morgan fingerprint density at radius 3 is 2.88 bits per heavy atom. The van der Waals surface area contributed by atoms with Crippen molar-refractivity contribution >= 4 is 46.7 Å². The van der Waals surface area contributed by atoms with Crippen LogP contribution in [0.4, 0.5) is 0 Å². The van der Waals surface area contributed by atoms with Gasteiger partial charge in [-0.1, -0.05) is 34.4 Å². The van der Waals surface area contributed by atoms with Crippen LogP contribution in [0, 0.1) is 0 Å². The first-order chi connectivity index (χ1) is 12.6.